The molecule has 0 saturated carbocycles. The number of likely N-dealkylation sites (N-methyl/N-ethyl adjacent to an activating group) is 2. The Balaban J connectivity index is 1.98. The summed E-state index contributed by atoms with van der Waals surface area (Å²) in [7, 11) is 3.77. The van der Waals surface area contributed by atoms with E-state index in [-0.39, 0.29) is 5.91 Å². The Labute approximate surface area is 134 Å². The average Bonchev–Trinajstić information content (AvgIpc) is 2.47. The largest absolute Gasteiger partial charge is 0.341 e. The van der Waals surface area contributed by atoms with Gasteiger partial charge in [-0.15, -0.1) is 0 Å². The van der Waals surface area contributed by atoms with Crippen molar-refractivity contribution in [3.8, 4) is 0 Å². The molecule has 1 amide bonds. The molecule has 4 heteroatoms. The molecule has 1 aromatic carbocycles. The van der Waals surface area contributed by atoms with E-state index in [1.165, 1.54) is 5.56 Å². The predicted octanol–water partition coefficient (Wildman–Crippen LogP) is 1.82. The van der Waals surface area contributed by atoms with Gasteiger partial charge in [0.2, 0.25) is 5.91 Å². The molecule has 1 heterocycles. The Bertz CT molecular complexity index is 464. The molecule has 2 unspecified atom stereocenters. The summed E-state index contributed by atoms with van der Waals surface area (Å²) in [4.78, 5) is 16.6. The van der Waals surface area contributed by atoms with Gasteiger partial charge in [0.05, 0.1) is 6.54 Å². The molecule has 0 bridgehead atoms. The summed E-state index contributed by atoms with van der Waals surface area (Å²) < 4.78 is 0. The van der Waals surface area contributed by atoms with E-state index < -0.39 is 0 Å². The van der Waals surface area contributed by atoms with E-state index in [0.717, 1.165) is 19.6 Å². The first kappa shape index (κ1) is 17.0. The summed E-state index contributed by atoms with van der Waals surface area (Å²) in [5.74, 6) is 1.15. The summed E-state index contributed by atoms with van der Waals surface area (Å²) in [6.07, 6.45) is 0. The maximum Gasteiger partial charge on any atom is 0.236 e. The van der Waals surface area contributed by atoms with Gasteiger partial charge in [-0.3, -0.25) is 9.69 Å². The Kier molecular flexibility index (Phi) is 5.98. The molecule has 1 saturated heterocycles. The van der Waals surface area contributed by atoms with Gasteiger partial charge >= 0.3 is 0 Å². The zero-order valence-electron chi connectivity index (χ0n) is 14.2. The highest BCUT2D eigenvalue weighted by Crippen LogP contribution is 2.27. The first-order chi connectivity index (χ1) is 10.5. The number of likely N-dealkylation sites (tertiary alicyclic amines) is 1. The normalized spacial score (nSPS) is 25.9. The van der Waals surface area contributed by atoms with E-state index in [2.05, 4.69) is 54.4 Å². The van der Waals surface area contributed by atoms with Crippen LogP contribution in [0.15, 0.2) is 30.3 Å². The number of rotatable bonds is 5. The van der Waals surface area contributed by atoms with Crippen LogP contribution in [-0.4, -0.2) is 55.5 Å². The van der Waals surface area contributed by atoms with Crippen LogP contribution in [0.3, 0.4) is 0 Å². The van der Waals surface area contributed by atoms with Crippen LogP contribution in [0.4, 0.5) is 0 Å². The molecule has 0 spiro atoms. The van der Waals surface area contributed by atoms with Crippen molar-refractivity contribution < 1.29 is 4.79 Å². The number of carbonyl (C=O) groups is 1. The molecule has 22 heavy (non-hydrogen) atoms. The third-order valence-electron chi connectivity index (χ3n) is 4.68. The van der Waals surface area contributed by atoms with Gasteiger partial charge in [-0.05, 0) is 24.4 Å². The fourth-order valence-corrected chi connectivity index (χ4v) is 3.84. The molecule has 0 aliphatic carbocycles. The van der Waals surface area contributed by atoms with Gasteiger partial charge in [0.15, 0.2) is 0 Å². The second-order valence-electron chi connectivity index (χ2n) is 6.66. The van der Waals surface area contributed by atoms with Gasteiger partial charge in [0, 0.05) is 32.7 Å². The summed E-state index contributed by atoms with van der Waals surface area (Å²) in [5, 5.41) is 2.96. The van der Waals surface area contributed by atoms with Crippen molar-refractivity contribution in [3.63, 3.8) is 0 Å². The second kappa shape index (κ2) is 7.75. The summed E-state index contributed by atoms with van der Waals surface area (Å²) >= 11 is 0. The minimum Gasteiger partial charge on any atom is -0.341 e. The van der Waals surface area contributed by atoms with E-state index >= 15 is 0 Å². The fourth-order valence-electron chi connectivity index (χ4n) is 3.84. The molecule has 4 nitrogen and oxygen atoms in total. The van der Waals surface area contributed by atoms with Gasteiger partial charge in [0.25, 0.3) is 0 Å². The molecule has 0 aromatic heterocycles. The predicted molar refractivity (Wildman–Crippen MR) is 90.5 cm³/mol. The standard InChI is InChI=1S/C18H29N3O/c1-14-11-21(13-16-8-6-5-7-9-16)12-15(2)18(14)20(4)17(22)10-19-3/h5-9,14-15,18-19H,10-13H2,1-4H3. The van der Waals surface area contributed by atoms with Gasteiger partial charge in [-0.25, -0.2) is 0 Å². The fraction of sp³-hybridized carbons (Fsp3) is 0.611. The zero-order chi connectivity index (χ0) is 16.1. The van der Waals surface area contributed by atoms with Crippen molar-refractivity contribution in [2.24, 2.45) is 11.8 Å². The highest BCUT2D eigenvalue weighted by molar-refractivity contribution is 5.78. The van der Waals surface area contributed by atoms with Crippen molar-refractivity contribution >= 4 is 5.91 Å². The molecule has 1 aliphatic heterocycles. The van der Waals surface area contributed by atoms with Crippen LogP contribution in [0.5, 0.6) is 0 Å². The van der Waals surface area contributed by atoms with Crippen molar-refractivity contribution in [2.75, 3.05) is 33.7 Å². The Morgan fingerprint density at radius 1 is 1.23 bits per heavy atom. The Morgan fingerprint density at radius 2 is 1.82 bits per heavy atom. The summed E-state index contributed by atoms with van der Waals surface area (Å²) in [5.41, 5.74) is 1.36. The van der Waals surface area contributed by atoms with E-state index in [4.69, 9.17) is 0 Å². The molecule has 1 aromatic rings. The number of carbonyl (C=O) groups excluding carboxylic acids is 1. The van der Waals surface area contributed by atoms with E-state index in [0.29, 0.717) is 24.4 Å². The van der Waals surface area contributed by atoms with E-state index in [1.54, 1.807) is 0 Å². The summed E-state index contributed by atoms with van der Waals surface area (Å²) in [6.45, 7) is 8.03. The van der Waals surface area contributed by atoms with E-state index in [1.807, 2.05) is 19.0 Å². The molecule has 1 fully saturated rings. The number of nitrogens with zero attached hydrogens (tertiary/aromatic N) is 2. The third kappa shape index (κ3) is 4.08. The highest BCUT2D eigenvalue weighted by atomic mass is 16.2. The van der Waals surface area contributed by atoms with Crippen LogP contribution in [-0.2, 0) is 11.3 Å². The van der Waals surface area contributed by atoms with Crippen LogP contribution >= 0.6 is 0 Å². The number of benzene rings is 1. The van der Waals surface area contributed by atoms with Crippen molar-refractivity contribution in [2.45, 2.75) is 26.4 Å². The number of piperidine rings is 1. The maximum absolute atomic E-state index is 12.2. The SMILES string of the molecule is CNCC(=O)N(C)C1C(C)CN(Cc2ccccc2)CC1C. The van der Waals surface area contributed by atoms with Crippen LogP contribution in [0, 0.1) is 11.8 Å². The number of hydrogen-bond acceptors (Lipinski definition) is 3. The zero-order valence-corrected chi connectivity index (χ0v) is 14.2. The molecule has 1 aliphatic rings. The smallest absolute Gasteiger partial charge is 0.236 e. The van der Waals surface area contributed by atoms with Crippen LogP contribution in [0.25, 0.3) is 0 Å². The lowest BCUT2D eigenvalue weighted by Crippen LogP contribution is -2.56. The van der Waals surface area contributed by atoms with Gasteiger partial charge in [-0.2, -0.15) is 0 Å². The number of hydrogen-bond donors (Lipinski definition) is 1. The minimum absolute atomic E-state index is 0.183. The molecular formula is C18H29N3O. The molecule has 122 valence electrons. The van der Waals surface area contributed by atoms with Crippen molar-refractivity contribution in [1.29, 1.82) is 0 Å². The first-order valence-electron chi connectivity index (χ1n) is 8.19. The lowest BCUT2D eigenvalue weighted by Gasteiger charge is -2.45. The first-order valence-corrected chi connectivity index (χ1v) is 8.19. The molecule has 2 rings (SSSR count). The van der Waals surface area contributed by atoms with Crippen LogP contribution < -0.4 is 5.32 Å². The van der Waals surface area contributed by atoms with Crippen LogP contribution in [0.1, 0.15) is 19.4 Å². The van der Waals surface area contributed by atoms with Crippen molar-refractivity contribution in [3.05, 3.63) is 35.9 Å². The highest BCUT2D eigenvalue weighted by Gasteiger charge is 2.35. The number of nitrogens with one attached hydrogen (secondary N) is 1. The quantitative estimate of drug-likeness (QED) is 0.901. The average molecular weight is 303 g/mol. The maximum atomic E-state index is 12.2. The molecule has 2 atom stereocenters. The Morgan fingerprint density at radius 3 is 2.36 bits per heavy atom. The number of amides is 1. The lowest BCUT2D eigenvalue weighted by atomic mass is 9.84. The van der Waals surface area contributed by atoms with E-state index in [9.17, 15) is 4.79 Å². The third-order valence-corrected chi connectivity index (χ3v) is 4.68. The monoisotopic (exact) mass is 303 g/mol. The minimum atomic E-state index is 0.183. The Hall–Kier alpha value is -1.39. The summed E-state index contributed by atoms with van der Waals surface area (Å²) in [6, 6.07) is 10.9. The second-order valence-corrected chi connectivity index (χ2v) is 6.66. The molecule has 0 radical (unpaired) electrons. The van der Waals surface area contributed by atoms with Gasteiger partial charge in [-0.1, -0.05) is 44.2 Å². The van der Waals surface area contributed by atoms with Gasteiger partial charge in [0.1, 0.15) is 0 Å². The molecule has 1 N–H and O–H groups in total. The topological polar surface area (TPSA) is 35.6 Å². The van der Waals surface area contributed by atoms with Crippen LogP contribution in [0.2, 0.25) is 0 Å². The van der Waals surface area contributed by atoms with Crippen molar-refractivity contribution in [1.82, 2.24) is 15.1 Å². The van der Waals surface area contributed by atoms with Gasteiger partial charge < -0.3 is 10.2 Å². The lowest BCUT2D eigenvalue weighted by molar-refractivity contribution is -0.134. The molecular weight excluding hydrogens is 274 g/mol.